The lowest BCUT2D eigenvalue weighted by molar-refractivity contribution is 0.220. The lowest BCUT2D eigenvalue weighted by Gasteiger charge is -2.19. The Kier molecular flexibility index (Phi) is 7.50. The van der Waals surface area contributed by atoms with Crippen LogP contribution in [0.15, 0.2) is 30.3 Å². The third-order valence-corrected chi connectivity index (χ3v) is 3.05. The molecule has 0 aliphatic rings. The van der Waals surface area contributed by atoms with E-state index in [1.54, 1.807) is 6.92 Å². The zero-order valence-corrected chi connectivity index (χ0v) is 12.3. The van der Waals surface area contributed by atoms with Crippen LogP contribution in [0.3, 0.4) is 0 Å². The second kappa shape index (κ2) is 9.20. The van der Waals surface area contributed by atoms with Crippen LogP contribution < -0.4 is 15.5 Å². The fourth-order valence-corrected chi connectivity index (χ4v) is 1.81. The molecule has 1 unspecified atom stereocenters. The molecule has 0 aromatic heterocycles. The number of unbranched alkanes of at least 4 members (excludes halogenated alkanes) is 1. The maximum absolute atomic E-state index is 11.4. The van der Waals surface area contributed by atoms with Crippen LogP contribution in [0.1, 0.15) is 19.8 Å². The fraction of sp³-hybridized carbons (Fsp3) is 0.533. The van der Waals surface area contributed by atoms with E-state index in [9.17, 15) is 4.79 Å². The summed E-state index contributed by atoms with van der Waals surface area (Å²) in [6.45, 7) is 3.32. The van der Waals surface area contributed by atoms with Crippen molar-refractivity contribution in [2.24, 2.45) is 0 Å². The lowest BCUT2D eigenvalue weighted by Crippen LogP contribution is -2.42. The van der Waals surface area contributed by atoms with Gasteiger partial charge in [0.1, 0.15) is 0 Å². The topological polar surface area (TPSA) is 64.6 Å². The molecule has 112 valence electrons. The predicted molar refractivity (Wildman–Crippen MR) is 82.0 cm³/mol. The molecule has 0 fully saturated rings. The Labute approximate surface area is 121 Å². The van der Waals surface area contributed by atoms with Gasteiger partial charge in [-0.25, -0.2) is 4.79 Å². The molecule has 1 aromatic rings. The summed E-state index contributed by atoms with van der Waals surface area (Å²) in [4.78, 5) is 13.6. The Hall–Kier alpha value is -1.75. The van der Waals surface area contributed by atoms with Gasteiger partial charge < -0.3 is 20.6 Å². The Balaban J connectivity index is 2.09. The Morgan fingerprint density at radius 2 is 2.00 bits per heavy atom. The third-order valence-electron chi connectivity index (χ3n) is 3.05. The van der Waals surface area contributed by atoms with E-state index in [1.165, 1.54) is 5.69 Å². The van der Waals surface area contributed by atoms with Gasteiger partial charge in [-0.2, -0.15) is 0 Å². The Bertz CT molecular complexity index is 384. The minimum atomic E-state index is -0.219. The standard InChI is InChI=1S/C15H25N3O2/c1-13(12-19)17-15(20)16-10-6-7-11-18(2)14-8-4-3-5-9-14/h3-5,8-9,13,19H,6-7,10-12H2,1-2H3,(H2,16,17,20). The van der Waals surface area contributed by atoms with Gasteiger partial charge in [0.05, 0.1) is 12.6 Å². The van der Waals surface area contributed by atoms with E-state index in [1.807, 2.05) is 18.2 Å². The van der Waals surface area contributed by atoms with Crippen molar-refractivity contribution < 1.29 is 9.90 Å². The van der Waals surface area contributed by atoms with Gasteiger partial charge in [0.2, 0.25) is 0 Å². The number of hydrogen-bond donors (Lipinski definition) is 3. The van der Waals surface area contributed by atoms with Crippen molar-refractivity contribution in [2.75, 3.05) is 31.6 Å². The van der Waals surface area contributed by atoms with Crippen LogP contribution >= 0.6 is 0 Å². The molecule has 0 heterocycles. The number of para-hydroxylation sites is 1. The number of aliphatic hydroxyl groups is 1. The van der Waals surface area contributed by atoms with Crippen molar-refractivity contribution in [1.82, 2.24) is 10.6 Å². The molecule has 20 heavy (non-hydrogen) atoms. The Morgan fingerprint density at radius 3 is 2.65 bits per heavy atom. The van der Waals surface area contributed by atoms with Crippen molar-refractivity contribution >= 4 is 11.7 Å². The number of hydrogen-bond acceptors (Lipinski definition) is 3. The highest BCUT2D eigenvalue weighted by Crippen LogP contribution is 2.11. The summed E-state index contributed by atoms with van der Waals surface area (Å²) in [5, 5.41) is 14.2. The molecule has 5 heteroatoms. The zero-order valence-electron chi connectivity index (χ0n) is 12.3. The van der Waals surface area contributed by atoms with E-state index in [2.05, 4.69) is 34.7 Å². The van der Waals surface area contributed by atoms with Gasteiger partial charge in [-0.15, -0.1) is 0 Å². The minimum absolute atomic E-state index is 0.0463. The van der Waals surface area contributed by atoms with Gasteiger partial charge in [0.25, 0.3) is 0 Å². The van der Waals surface area contributed by atoms with Crippen LogP contribution in [-0.4, -0.2) is 43.9 Å². The highest BCUT2D eigenvalue weighted by Gasteiger charge is 2.04. The number of nitrogens with zero attached hydrogens (tertiary/aromatic N) is 1. The molecule has 2 amide bonds. The van der Waals surface area contributed by atoms with Gasteiger partial charge >= 0.3 is 6.03 Å². The molecule has 1 aromatic carbocycles. The summed E-state index contributed by atoms with van der Waals surface area (Å²) in [6.07, 6.45) is 1.94. The van der Waals surface area contributed by atoms with Crippen LogP contribution in [0.5, 0.6) is 0 Å². The highest BCUT2D eigenvalue weighted by atomic mass is 16.3. The monoisotopic (exact) mass is 279 g/mol. The fourth-order valence-electron chi connectivity index (χ4n) is 1.81. The molecule has 0 saturated heterocycles. The van der Waals surface area contributed by atoms with Crippen molar-refractivity contribution in [1.29, 1.82) is 0 Å². The number of amides is 2. The molecule has 0 saturated carbocycles. The molecule has 5 nitrogen and oxygen atoms in total. The normalized spacial score (nSPS) is 11.8. The van der Waals surface area contributed by atoms with E-state index >= 15 is 0 Å². The molecule has 0 radical (unpaired) electrons. The van der Waals surface area contributed by atoms with E-state index in [4.69, 9.17) is 5.11 Å². The van der Waals surface area contributed by atoms with Crippen molar-refractivity contribution in [3.63, 3.8) is 0 Å². The van der Waals surface area contributed by atoms with Crippen LogP contribution in [0, 0.1) is 0 Å². The zero-order chi connectivity index (χ0) is 14.8. The van der Waals surface area contributed by atoms with E-state index in [0.717, 1.165) is 19.4 Å². The van der Waals surface area contributed by atoms with Gasteiger partial charge in [-0.1, -0.05) is 18.2 Å². The molecular formula is C15H25N3O2. The van der Waals surface area contributed by atoms with Crippen molar-refractivity contribution in [3.8, 4) is 0 Å². The summed E-state index contributed by atoms with van der Waals surface area (Å²) in [5.74, 6) is 0. The first-order chi connectivity index (χ1) is 9.63. The molecule has 1 rings (SSSR count). The van der Waals surface area contributed by atoms with Gasteiger partial charge in [-0.05, 0) is 31.9 Å². The first-order valence-electron chi connectivity index (χ1n) is 7.05. The first kappa shape index (κ1) is 16.3. The quantitative estimate of drug-likeness (QED) is 0.633. The van der Waals surface area contributed by atoms with Gasteiger partial charge in [-0.3, -0.25) is 0 Å². The summed E-state index contributed by atoms with van der Waals surface area (Å²) in [7, 11) is 2.07. The molecular weight excluding hydrogens is 254 g/mol. The lowest BCUT2D eigenvalue weighted by atomic mass is 10.2. The maximum atomic E-state index is 11.4. The molecule has 0 aliphatic carbocycles. The number of rotatable bonds is 8. The summed E-state index contributed by atoms with van der Waals surface area (Å²) in [5.41, 5.74) is 1.20. The number of nitrogens with one attached hydrogen (secondary N) is 2. The third kappa shape index (κ3) is 6.43. The Morgan fingerprint density at radius 1 is 1.30 bits per heavy atom. The number of benzene rings is 1. The molecule has 0 aliphatic heterocycles. The average Bonchev–Trinajstić information content (AvgIpc) is 2.47. The average molecular weight is 279 g/mol. The smallest absolute Gasteiger partial charge is 0.315 e. The van der Waals surface area contributed by atoms with Gasteiger partial charge in [0.15, 0.2) is 0 Å². The number of carbonyl (C=O) groups excluding carboxylic acids is 1. The number of urea groups is 1. The van der Waals surface area contributed by atoms with Crippen molar-refractivity contribution in [2.45, 2.75) is 25.8 Å². The minimum Gasteiger partial charge on any atom is -0.394 e. The highest BCUT2D eigenvalue weighted by molar-refractivity contribution is 5.74. The van der Waals surface area contributed by atoms with Crippen LogP contribution in [-0.2, 0) is 0 Å². The SMILES string of the molecule is CC(CO)NC(=O)NCCCCN(C)c1ccccc1. The first-order valence-corrected chi connectivity index (χ1v) is 7.05. The van der Waals surface area contributed by atoms with Crippen molar-refractivity contribution in [3.05, 3.63) is 30.3 Å². The number of carbonyl (C=O) groups is 1. The maximum Gasteiger partial charge on any atom is 0.315 e. The molecule has 3 N–H and O–H groups in total. The second-order valence-electron chi connectivity index (χ2n) is 4.95. The van der Waals surface area contributed by atoms with E-state index in [-0.39, 0.29) is 18.7 Å². The molecule has 0 spiro atoms. The van der Waals surface area contributed by atoms with Crippen LogP contribution in [0.4, 0.5) is 10.5 Å². The van der Waals surface area contributed by atoms with E-state index < -0.39 is 0 Å². The largest absolute Gasteiger partial charge is 0.394 e. The van der Waals surface area contributed by atoms with Crippen LogP contribution in [0.25, 0.3) is 0 Å². The van der Waals surface area contributed by atoms with Crippen LogP contribution in [0.2, 0.25) is 0 Å². The second-order valence-corrected chi connectivity index (χ2v) is 4.95. The predicted octanol–water partition coefficient (Wildman–Crippen LogP) is 1.58. The van der Waals surface area contributed by atoms with Gasteiger partial charge in [0, 0.05) is 25.8 Å². The summed E-state index contributed by atoms with van der Waals surface area (Å²) in [6, 6.07) is 9.80. The summed E-state index contributed by atoms with van der Waals surface area (Å²) < 4.78 is 0. The molecule has 1 atom stereocenters. The number of aliphatic hydroxyl groups excluding tert-OH is 1. The molecule has 0 bridgehead atoms. The van der Waals surface area contributed by atoms with E-state index in [0.29, 0.717) is 6.54 Å². The number of anilines is 1. The summed E-state index contributed by atoms with van der Waals surface area (Å²) >= 11 is 0.